The summed E-state index contributed by atoms with van der Waals surface area (Å²) in [6.07, 6.45) is 0.836. The van der Waals surface area contributed by atoms with Crippen molar-refractivity contribution in [1.82, 2.24) is 4.98 Å². The molecule has 2 nitrogen and oxygen atoms in total. The Hall–Kier alpha value is -0.810. The number of nitrogens with one attached hydrogen (secondary N) is 1. The fraction of sp³-hybridized carbons (Fsp3) is 0. The van der Waals surface area contributed by atoms with E-state index in [1.807, 2.05) is 18.2 Å². The Labute approximate surface area is 131 Å². The zero-order valence-corrected chi connectivity index (χ0v) is 13.3. The first-order valence-corrected chi connectivity index (χ1v) is 7.68. The van der Waals surface area contributed by atoms with Gasteiger partial charge in [-0.15, -0.1) is 11.3 Å². The highest BCUT2D eigenvalue weighted by Crippen LogP contribution is 2.40. The monoisotopic (exact) mass is 373 g/mol. The summed E-state index contributed by atoms with van der Waals surface area (Å²) in [6, 6.07) is 7.50. The molecular formula is C13H6BrCl2NOS. The van der Waals surface area contributed by atoms with Crippen molar-refractivity contribution in [2.75, 3.05) is 0 Å². The maximum atomic E-state index is 11.4. The normalized spacial score (nSPS) is 11.1. The number of aromatic amines is 1. The third kappa shape index (κ3) is 2.23. The van der Waals surface area contributed by atoms with E-state index in [1.165, 1.54) is 11.3 Å². The first kappa shape index (κ1) is 13.2. The summed E-state index contributed by atoms with van der Waals surface area (Å²) in [4.78, 5) is 14.6. The predicted molar refractivity (Wildman–Crippen MR) is 84.7 cm³/mol. The van der Waals surface area contributed by atoms with Crippen molar-refractivity contribution in [3.63, 3.8) is 0 Å². The molecule has 0 radical (unpaired) electrons. The first-order chi connectivity index (χ1) is 9.10. The summed E-state index contributed by atoms with van der Waals surface area (Å²) in [5.41, 5.74) is 2.94. The molecule has 19 heavy (non-hydrogen) atoms. The number of aldehydes is 1. The number of thiophene rings is 1. The Morgan fingerprint density at radius 2 is 2.05 bits per heavy atom. The number of fused-ring (bicyclic) bond motifs is 1. The molecule has 3 aromatic rings. The van der Waals surface area contributed by atoms with Gasteiger partial charge in [-0.1, -0.05) is 39.1 Å². The summed E-state index contributed by atoms with van der Waals surface area (Å²) in [7, 11) is 0. The molecule has 2 heterocycles. The third-order valence-corrected chi connectivity index (χ3v) is 4.83. The topological polar surface area (TPSA) is 32.9 Å². The van der Waals surface area contributed by atoms with Crippen LogP contribution in [0, 0.1) is 0 Å². The number of halogens is 3. The van der Waals surface area contributed by atoms with Crippen LogP contribution in [0.15, 0.2) is 28.7 Å². The van der Waals surface area contributed by atoms with Crippen molar-refractivity contribution in [2.24, 2.45) is 0 Å². The number of hydrogen-bond acceptors (Lipinski definition) is 2. The fourth-order valence-electron chi connectivity index (χ4n) is 2.03. The summed E-state index contributed by atoms with van der Waals surface area (Å²) < 4.78 is 2.08. The highest BCUT2D eigenvalue weighted by molar-refractivity contribution is 9.10. The molecule has 3 rings (SSSR count). The summed E-state index contributed by atoms with van der Waals surface area (Å²) in [5, 5.41) is 0.859. The van der Waals surface area contributed by atoms with Crippen LogP contribution in [-0.4, -0.2) is 11.3 Å². The number of aromatic nitrogens is 1. The standard InChI is InChI=1S/C13H6BrCl2NOS/c14-6-1-2-10-7(3-6)9(5-18)12(17-10)8-4-11(15)19-13(8)16/h1-5,17H. The highest BCUT2D eigenvalue weighted by atomic mass is 79.9. The Bertz CT molecular complexity index is 793. The van der Waals surface area contributed by atoms with Gasteiger partial charge in [0.1, 0.15) is 4.34 Å². The van der Waals surface area contributed by atoms with E-state index in [2.05, 4.69) is 20.9 Å². The van der Waals surface area contributed by atoms with Gasteiger partial charge in [-0.25, -0.2) is 0 Å². The second-order valence-corrected chi connectivity index (χ2v) is 7.16. The summed E-state index contributed by atoms with van der Waals surface area (Å²) >= 11 is 16.8. The lowest BCUT2D eigenvalue weighted by molar-refractivity contribution is 0.112. The molecule has 1 N–H and O–H groups in total. The van der Waals surface area contributed by atoms with Crippen LogP contribution >= 0.6 is 50.5 Å². The van der Waals surface area contributed by atoms with Crippen molar-refractivity contribution in [3.05, 3.63) is 43.0 Å². The van der Waals surface area contributed by atoms with Crippen molar-refractivity contribution in [3.8, 4) is 11.3 Å². The van der Waals surface area contributed by atoms with Gasteiger partial charge < -0.3 is 4.98 Å². The number of benzene rings is 1. The van der Waals surface area contributed by atoms with E-state index >= 15 is 0 Å². The number of carbonyl (C=O) groups excluding carboxylic acids is 1. The molecule has 0 amide bonds. The lowest BCUT2D eigenvalue weighted by atomic mass is 10.1. The van der Waals surface area contributed by atoms with Crippen LogP contribution in [-0.2, 0) is 0 Å². The number of hydrogen-bond donors (Lipinski definition) is 1. The fourth-order valence-corrected chi connectivity index (χ4v) is 3.87. The van der Waals surface area contributed by atoms with E-state index in [9.17, 15) is 4.79 Å². The molecule has 0 aliphatic heterocycles. The second-order valence-electron chi connectivity index (χ2n) is 3.96. The maximum absolute atomic E-state index is 11.4. The van der Waals surface area contributed by atoms with E-state index in [-0.39, 0.29) is 0 Å². The Morgan fingerprint density at radius 1 is 1.26 bits per heavy atom. The van der Waals surface area contributed by atoms with Crippen LogP contribution < -0.4 is 0 Å². The van der Waals surface area contributed by atoms with Crippen LogP contribution in [0.2, 0.25) is 8.67 Å². The minimum Gasteiger partial charge on any atom is -0.354 e. The van der Waals surface area contributed by atoms with Gasteiger partial charge in [0.05, 0.1) is 10.0 Å². The van der Waals surface area contributed by atoms with E-state index < -0.39 is 0 Å². The van der Waals surface area contributed by atoms with Gasteiger partial charge >= 0.3 is 0 Å². The largest absolute Gasteiger partial charge is 0.354 e. The molecule has 0 aliphatic rings. The predicted octanol–water partition coefficient (Wildman–Crippen LogP) is 5.78. The highest BCUT2D eigenvalue weighted by Gasteiger charge is 2.17. The number of carbonyl (C=O) groups is 1. The van der Waals surface area contributed by atoms with Crippen LogP contribution in [0.1, 0.15) is 10.4 Å². The minimum atomic E-state index is 0.568. The zero-order valence-electron chi connectivity index (χ0n) is 9.34. The van der Waals surface area contributed by atoms with Gasteiger partial charge in [0, 0.05) is 26.5 Å². The van der Waals surface area contributed by atoms with E-state index in [0.717, 1.165) is 27.2 Å². The molecule has 0 spiro atoms. The van der Waals surface area contributed by atoms with Crippen LogP contribution in [0.5, 0.6) is 0 Å². The molecule has 0 bridgehead atoms. The molecular weight excluding hydrogens is 369 g/mol. The molecule has 6 heteroatoms. The molecule has 0 saturated heterocycles. The van der Waals surface area contributed by atoms with Gasteiger partial charge in [0.25, 0.3) is 0 Å². The van der Waals surface area contributed by atoms with Gasteiger partial charge in [0.2, 0.25) is 0 Å². The smallest absolute Gasteiger partial charge is 0.152 e. The third-order valence-electron chi connectivity index (χ3n) is 2.84. The number of rotatable bonds is 2. The van der Waals surface area contributed by atoms with Crippen molar-refractivity contribution in [2.45, 2.75) is 0 Å². The van der Waals surface area contributed by atoms with E-state index in [4.69, 9.17) is 23.2 Å². The molecule has 0 atom stereocenters. The lowest BCUT2D eigenvalue weighted by Crippen LogP contribution is -1.82. The van der Waals surface area contributed by atoms with Gasteiger partial charge in [-0.05, 0) is 24.3 Å². The molecule has 0 unspecified atom stereocenters. The Morgan fingerprint density at radius 3 is 2.68 bits per heavy atom. The summed E-state index contributed by atoms with van der Waals surface area (Å²) in [5.74, 6) is 0. The van der Waals surface area contributed by atoms with E-state index in [0.29, 0.717) is 19.9 Å². The average Bonchev–Trinajstić information content (AvgIpc) is 2.88. The molecule has 0 fully saturated rings. The molecule has 1 aromatic carbocycles. The van der Waals surface area contributed by atoms with E-state index in [1.54, 1.807) is 6.07 Å². The summed E-state index contributed by atoms with van der Waals surface area (Å²) in [6.45, 7) is 0. The minimum absolute atomic E-state index is 0.568. The van der Waals surface area contributed by atoms with Crippen molar-refractivity contribution < 1.29 is 4.79 Å². The Kier molecular flexibility index (Phi) is 3.43. The Balaban J connectivity index is 2.35. The van der Waals surface area contributed by atoms with Crippen molar-refractivity contribution >= 4 is 67.7 Å². The van der Waals surface area contributed by atoms with Gasteiger partial charge in [-0.2, -0.15) is 0 Å². The van der Waals surface area contributed by atoms with Crippen LogP contribution in [0.3, 0.4) is 0 Å². The molecule has 0 saturated carbocycles. The maximum Gasteiger partial charge on any atom is 0.152 e. The quantitative estimate of drug-likeness (QED) is 0.566. The number of H-pyrrole nitrogens is 1. The first-order valence-electron chi connectivity index (χ1n) is 5.31. The lowest BCUT2D eigenvalue weighted by Gasteiger charge is -1.96. The zero-order chi connectivity index (χ0) is 13.6. The van der Waals surface area contributed by atoms with Crippen molar-refractivity contribution in [1.29, 1.82) is 0 Å². The van der Waals surface area contributed by atoms with Gasteiger partial charge in [-0.3, -0.25) is 4.79 Å². The van der Waals surface area contributed by atoms with Gasteiger partial charge in [0.15, 0.2) is 6.29 Å². The second kappa shape index (κ2) is 4.94. The van der Waals surface area contributed by atoms with Crippen LogP contribution in [0.4, 0.5) is 0 Å². The molecule has 2 aromatic heterocycles. The molecule has 0 aliphatic carbocycles. The van der Waals surface area contributed by atoms with Crippen LogP contribution in [0.25, 0.3) is 22.2 Å². The average molecular weight is 375 g/mol. The SMILES string of the molecule is O=Cc1c(-c2cc(Cl)sc2Cl)[nH]c2ccc(Br)cc12. The molecule has 96 valence electrons.